The molecule has 1 fully saturated rings. The molecule has 118 valence electrons. The van der Waals surface area contributed by atoms with Crippen LogP contribution in [0, 0.1) is 23.7 Å². The van der Waals surface area contributed by atoms with E-state index in [1.807, 2.05) is 0 Å². The van der Waals surface area contributed by atoms with Gasteiger partial charge in [-0.2, -0.15) is 0 Å². The van der Waals surface area contributed by atoms with E-state index in [4.69, 9.17) is 5.73 Å². The number of hydrogen-bond acceptors (Lipinski definition) is 3. The molecule has 0 bridgehead atoms. The Bertz CT molecular complexity index is 274. The molecule has 0 saturated heterocycles. The molecule has 1 amide bonds. The highest BCUT2D eigenvalue weighted by atomic mass is 16.3. The fourth-order valence-corrected chi connectivity index (χ4v) is 3.30. The Kier molecular flexibility index (Phi) is 8.15. The molecule has 0 radical (unpaired) electrons. The van der Waals surface area contributed by atoms with Crippen molar-refractivity contribution in [2.45, 2.75) is 52.4 Å². The summed E-state index contributed by atoms with van der Waals surface area (Å²) in [6.07, 6.45) is 5.93. The Balaban J connectivity index is 2.22. The van der Waals surface area contributed by atoms with Crippen LogP contribution < -0.4 is 11.1 Å². The first kappa shape index (κ1) is 17.4. The molecule has 0 heterocycles. The van der Waals surface area contributed by atoms with Crippen LogP contribution in [0.25, 0.3) is 0 Å². The van der Waals surface area contributed by atoms with Crippen LogP contribution >= 0.6 is 0 Å². The largest absolute Gasteiger partial charge is 0.396 e. The zero-order valence-electron chi connectivity index (χ0n) is 13.1. The topological polar surface area (TPSA) is 75.4 Å². The minimum absolute atomic E-state index is 0.149. The van der Waals surface area contributed by atoms with E-state index in [1.165, 1.54) is 6.42 Å². The van der Waals surface area contributed by atoms with Gasteiger partial charge in [0.15, 0.2) is 0 Å². The fraction of sp³-hybridized carbons (Fsp3) is 0.938. The van der Waals surface area contributed by atoms with Crippen molar-refractivity contribution in [2.24, 2.45) is 29.4 Å². The molecule has 1 saturated carbocycles. The third-order valence-corrected chi connectivity index (χ3v) is 4.83. The van der Waals surface area contributed by atoms with Gasteiger partial charge in [0, 0.05) is 19.6 Å². The van der Waals surface area contributed by atoms with Crippen molar-refractivity contribution < 1.29 is 9.90 Å². The molecule has 3 atom stereocenters. The summed E-state index contributed by atoms with van der Waals surface area (Å²) in [6.45, 7) is 6.08. The molecular weight excluding hydrogens is 252 g/mol. The van der Waals surface area contributed by atoms with Crippen LogP contribution in [0.5, 0.6) is 0 Å². The highest BCUT2D eigenvalue weighted by Gasteiger charge is 2.26. The molecule has 1 rings (SSSR count). The number of nitrogens with two attached hydrogens (primary N) is 1. The fourth-order valence-electron chi connectivity index (χ4n) is 3.30. The predicted octanol–water partition coefficient (Wildman–Crippen LogP) is 1.91. The minimum atomic E-state index is 0.149. The Morgan fingerprint density at radius 2 is 2.00 bits per heavy atom. The second kappa shape index (κ2) is 9.35. The molecule has 0 aromatic rings. The van der Waals surface area contributed by atoms with Gasteiger partial charge >= 0.3 is 0 Å². The maximum atomic E-state index is 11.9. The summed E-state index contributed by atoms with van der Waals surface area (Å²) in [5.41, 5.74) is 5.62. The molecule has 0 aromatic carbocycles. The molecule has 3 unspecified atom stereocenters. The monoisotopic (exact) mass is 284 g/mol. The Morgan fingerprint density at radius 3 is 2.60 bits per heavy atom. The lowest BCUT2D eigenvalue weighted by Crippen LogP contribution is -2.32. The lowest BCUT2D eigenvalue weighted by Gasteiger charge is -2.21. The quantitative estimate of drug-likeness (QED) is 0.605. The van der Waals surface area contributed by atoms with E-state index in [9.17, 15) is 9.90 Å². The molecule has 1 aliphatic carbocycles. The van der Waals surface area contributed by atoms with Crippen LogP contribution in [0.15, 0.2) is 0 Å². The zero-order valence-corrected chi connectivity index (χ0v) is 13.1. The molecule has 1 aliphatic rings. The van der Waals surface area contributed by atoms with Gasteiger partial charge in [-0.25, -0.2) is 0 Å². The van der Waals surface area contributed by atoms with Crippen molar-refractivity contribution >= 4 is 5.91 Å². The van der Waals surface area contributed by atoms with E-state index < -0.39 is 0 Å². The third kappa shape index (κ3) is 5.80. The molecular formula is C16H32N2O2. The molecule has 20 heavy (non-hydrogen) atoms. The molecule has 0 spiro atoms. The molecule has 4 heteroatoms. The van der Waals surface area contributed by atoms with E-state index in [0.29, 0.717) is 36.6 Å². The van der Waals surface area contributed by atoms with Gasteiger partial charge in [0.1, 0.15) is 0 Å². The van der Waals surface area contributed by atoms with Gasteiger partial charge in [0.05, 0.1) is 0 Å². The van der Waals surface area contributed by atoms with Gasteiger partial charge in [-0.1, -0.05) is 20.3 Å². The summed E-state index contributed by atoms with van der Waals surface area (Å²) in [5.74, 6) is 2.13. The van der Waals surface area contributed by atoms with E-state index in [2.05, 4.69) is 19.2 Å². The lowest BCUT2D eigenvalue weighted by atomic mass is 9.88. The zero-order chi connectivity index (χ0) is 15.0. The van der Waals surface area contributed by atoms with Gasteiger partial charge in [0.2, 0.25) is 5.91 Å². The Hall–Kier alpha value is -0.610. The van der Waals surface area contributed by atoms with Crippen LogP contribution in [-0.2, 0) is 4.79 Å². The summed E-state index contributed by atoms with van der Waals surface area (Å²) in [6, 6.07) is 0. The number of carbonyl (C=O) groups excluding carboxylic acids is 1. The van der Waals surface area contributed by atoms with E-state index >= 15 is 0 Å². The summed E-state index contributed by atoms with van der Waals surface area (Å²) >= 11 is 0. The van der Waals surface area contributed by atoms with Crippen molar-refractivity contribution in [1.82, 2.24) is 5.32 Å². The number of rotatable bonds is 9. The first-order chi connectivity index (χ1) is 9.58. The molecule has 0 aromatic heterocycles. The predicted molar refractivity (Wildman–Crippen MR) is 82.2 cm³/mol. The van der Waals surface area contributed by atoms with Gasteiger partial charge in [0.25, 0.3) is 0 Å². The summed E-state index contributed by atoms with van der Waals surface area (Å²) < 4.78 is 0. The number of aliphatic hydroxyl groups is 1. The van der Waals surface area contributed by atoms with Crippen LogP contribution in [0.3, 0.4) is 0 Å². The second-order valence-electron chi connectivity index (χ2n) is 6.56. The SMILES string of the molecule is CC(C)C(CCN)CCC(=O)NCC1CCCC1CO. The normalized spacial score (nSPS) is 24.1. The van der Waals surface area contributed by atoms with Gasteiger partial charge in [-0.15, -0.1) is 0 Å². The van der Waals surface area contributed by atoms with Crippen molar-refractivity contribution in [3.05, 3.63) is 0 Å². The van der Waals surface area contributed by atoms with Crippen LogP contribution in [-0.4, -0.2) is 30.7 Å². The van der Waals surface area contributed by atoms with Crippen LogP contribution in [0.2, 0.25) is 0 Å². The van der Waals surface area contributed by atoms with Crippen molar-refractivity contribution in [2.75, 3.05) is 19.7 Å². The lowest BCUT2D eigenvalue weighted by molar-refractivity contribution is -0.121. The highest BCUT2D eigenvalue weighted by molar-refractivity contribution is 5.75. The third-order valence-electron chi connectivity index (χ3n) is 4.83. The number of hydrogen-bond donors (Lipinski definition) is 3. The van der Waals surface area contributed by atoms with E-state index in [-0.39, 0.29) is 12.5 Å². The summed E-state index contributed by atoms with van der Waals surface area (Å²) in [5, 5.41) is 12.3. The average molecular weight is 284 g/mol. The molecule has 4 nitrogen and oxygen atoms in total. The minimum Gasteiger partial charge on any atom is -0.396 e. The van der Waals surface area contributed by atoms with Crippen molar-refractivity contribution in [3.8, 4) is 0 Å². The Morgan fingerprint density at radius 1 is 1.30 bits per heavy atom. The van der Waals surface area contributed by atoms with Gasteiger partial charge in [-0.05, 0) is 55.9 Å². The Labute approximate surface area is 123 Å². The van der Waals surface area contributed by atoms with Crippen LogP contribution in [0.4, 0.5) is 0 Å². The van der Waals surface area contributed by atoms with Crippen molar-refractivity contribution in [3.63, 3.8) is 0 Å². The van der Waals surface area contributed by atoms with Gasteiger partial charge in [-0.3, -0.25) is 4.79 Å². The molecule has 0 aliphatic heterocycles. The highest BCUT2D eigenvalue weighted by Crippen LogP contribution is 2.30. The average Bonchev–Trinajstić information content (AvgIpc) is 2.88. The first-order valence-electron chi connectivity index (χ1n) is 8.16. The number of carbonyl (C=O) groups is 1. The smallest absolute Gasteiger partial charge is 0.220 e. The maximum absolute atomic E-state index is 11.9. The van der Waals surface area contributed by atoms with Crippen LogP contribution in [0.1, 0.15) is 52.4 Å². The first-order valence-corrected chi connectivity index (χ1v) is 8.16. The number of aliphatic hydroxyl groups excluding tert-OH is 1. The second-order valence-corrected chi connectivity index (χ2v) is 6.56. The molecule has 4 N–H and O–H groups in total. The maximum Gasteiger partial charge on any atom is 0.220 e. The summed E-state index contributed by atoms with van der Waals surface area (Å²) in [4.78, 5) is 11.9. The van der Waals surface area contributed by atoms with Gasteiger partial charge < -0.3 is 16.2 Å². The number of nitrogens with one attached hydrogen (secondary N) is 1. The van der Waals surface area contributed by atoms with E-state index in [0.717, 1.165) is 32.2 Å². The number of amides is 1. The van der Waals surface area contributed by atoms with E-state index in [1.54, 1.807) is 0 Å². The summed E-state index contributed by atoms with van der Waals surface area (Å²) in [7, 11) is 0. The standard InChI is InChI=1S/C16H32N2O2/c1-12(2)13(8-9-17)6-7-16(20)18-10-14-4-3-5-15(14)11-19/h12-15,19H,3-11,17H2,1-2H3,(H,18,20). The van der Waals surface area contributed by atoms with Crippen molar-refractivity contribution in [1.29, 1.82) is 0 Å².